The van der Waals surface area contributed by atoms with Gasteiger partial charge in [0.1, 0.15) is 3.70 Å². The monoisotopic (exact) mass is 251 g/mol. The largest absolute Gasteiger partial charge is 0.369 e. The molecule has 0 saturated heterocycles. The minimum absolute atomic E-state index is 0.399. The van der Waals surface area contributed by atoms with Gasteiger partial charge in [-0.15, -0.1) is 0 Å². The minimum atomic E-state index is 0.399. The Labute approximate surface area is 73.8 Å². The SMILES string of the molecule is CC(C)n1cc(I)nc1N. The molecule has 0 aromatic carbocycles. The first-order valence-corrected chi connectivity index (χ1v) is 4.19. The second-order valence-corrected chi connectivity index (χ2v) is 3.53. The van der Waals surface area contributed by atoms with Crippen LogP contribution in [0.5, 0.6) is 0 Å². The van der Waals surface area contributed by atoms with E-state index in [0.29, 0.717) is 12.0 Å². The quantitative estimate of drug-likeness (QED) is 0.771. The van der Waals surface area contributed by atoms with E-state index >= 15 is 0 Å². The van der Waals surface area contributed by atoms with Gasteiger partial charge in [-0.2, -0.15) is 0 Å². The van der Waals surface area contributed by atoms with Gasteiger partial charge in [-0.3, -0.25) is 0 Å². The number of nitrogen functional groups attached to an aromatic ring is 1. The number of halogens is 1. The van der Waals surface area contributed by atoms with E-state index in [1.807, 2.05) is 10.8 Å². The molecule has 56 valence electrons. The van der Waals surface area contributed by atoms with Crippen LogP contribution in [-0.2, 0) is 0 Å². The van der Waals surface area contributed by atoms with Crippen LogP contribution in [0, 0.1) is 3.70 Å². The zero-order valence-corrected chi connectivity index (χ0v) is 8.16. The average Bonchev–Trinajstić information content (AvgIpc) is 2.10. The summed E-state index contributed by atoms with van der Waals surface area (Å²) < 4.78 is 2.89. The molecule has 1 aromatic heterocycles. The molecule has 0 fully saturated rings. The predicted molar refractivity (Wildman–Crippen MR) is 49.7 cm³/mol. The number of nitrogens with zero attached hydrogens (tertiary/aromatic N) is 2. The molecule has 4 heteroatoms. The lowest BCUT2D eigenvalue weighted by molar-refractivity contribution is 0.608. The highest BCUT2D eigenvalue weighted by atomic mass is 127. The van der Waals surface area contributed by atoms with Crippen molar-refractivity contribution in [1.29, 1.82) is 0 Å². The van der Waals surface area contributed by atoms with E-state index in [9.17, 15) is 0 Å². The average molecular weight is 251 g/mol. The maximum atomic E-state index is 5.59. The highest BCUT2D eigenvalue weighted by molar-refractivity contribution is 14.1. The van der Waals surface area contributed by atoms with Crippen LogP contribution in [-0.4, -0.2) is 9.55 Å². The zero-order valence-electron chi connectivity index (χ0n) is 6.00. The minimum Gasteiger partial charge on any atom is -0.369 e. The van der Waals surface area contributed by atoms with E-state index in [1.165, 1.54) is 0 Å². The van der Waals surface area contributed by atoms with Gasteiger partial charge in [0, 0.05) is 12.2 Å². The molecule has 10 heavy (non-hydrogen) atoms. The lowest BCUT2D eigenvalue weighted by atomic mass is 10.4. The number of aromatic nitrogens is 2. The van der Waals surface area contributed by atoms with Crippen LogP contribution in [0.4, 0.5) is 5.95 Å². The summed E-state index contributed by atoms with van der Waals surface area (Å²) in [5, 5.41) is 0. The van der Waals surface area contributed by atoms with Crippen molar-refractivity contribution < 1.29 is 0 Å². The standard InChI is InChI=1S/C6H10IN3/c1-4(2)10-3-5(7)9-6(10)8/h3-4H,1-2H3,(H2,8,9). The summed E-state index contributed by atoms with van der Waals surface area (Å²) in [5.74, 6) is 0.597. The van der Waals surface area contributed by atoms with Crippen molar-refractivity contribution in [2.75, 3.05) is 5.73 Å². The summed E-state index contributed by atoms with van der Waals surface area (Å²) in [4.78, 5) is 4.06. The molecule has 1 aromatic rings. The van der Waals surface area contributed by atoms with Gasteiger partial charge in [0.05, 0.1) is 0 Å². The van der Waals surface area contributed by atoms with Gasteiger partial charge in [0.2, 0.25) is 5.95 Å². The number of imidazole rings is 1. The second kappa shape index (κ2) is 2.77. The number of hydrogen-bond acceptors (Lipinski definition) is 2. The molecule has 1 heterocycles. The second-order valence-electron chi connectivity index (χ2n) is 2.42. The number of rotatable bonds is 1. The van der Waals surface area contributed by atoms with Crippen LogP contribution < -0.4 is 5.73 Å². The van der Waals surface area contributed by atoms with Gasteiger partial charge >= 0.3 is 0 Å². The molecule has 0 unspecified atom stereocenters. The van der Waals surface area contributed by atoms with E-state index in [4.69, 9.17) is 5.73 Å². The van der Waals surface area contributed by atoms with Gasteiger partial charge in [0.25, 0.3) is 0 Å². The maximum absolute atomic E-state index is 5.59. The van der Waals surface area contributed by atoms with Crippen molar-refractivity contribution in [2.45, 2.75) is 19.9 Å². The summed E-state index contributed by atoms with van der Waals surface area (Å²) in [6.45, 7) is 4.16. The molecule has 2 N–H and O–H groups in total. The Bertz CT molecular complexity index is 229. The highest BCUT2D eigenvalue weighted by Crippen LogP contribution is 2.13. The predicted octanol–water partition coefficient (Wildman–Crippen LogP) is 1.65. The van der Waals surface area contributed by atoms with Crippen LogP contribution in [0.2, 0.25) is 0 Å². The normalized spacial score (nSPS) is 10.8. The lowest BCUT2D eigenvalue weighted by Crippen LogP contribution is -2.03. The summed E-state index contributed by atoms with van der Waals surface area (Å²) >= 11 is 2.15. The summed E-state index contributed by atoms with van der Waals surface area (Å²) in [5.41, 5.74) is 5.59. The first-order valence-electron chi connectivity index (χ1n) is 3.11. The summed E-state index contributed by atoms with van der Waals surface area (Å²) in [6.07, 6.45) is 1.94. The van der Waals surface area contributed by atoms with Crippen molar-refractivity contribution in [3.8, 4) is 0 Å². The van der Waals surface area contributed by atoms with Crippen LogP contribution in [0.15, 0.2) is 6.20 Å². The zero-order chi connectivity index (χ0) is 7.72. The Morgan fingerprint density at radius 1 is 1.70 bits per heavy atom. The Balaban J connectivity index is 3.03. The Morgan fingerprint density at radius 2 is 2.30 bits per heavy atom. The molecule has 0 radical (unpaired) electrons. The molecule has 0 amide bonds. The van der Waals surface area contributed by atoms with E-state index in [-0.39, 0.29) is 0 Å². The molecule has 0 atom stereocenters. The maximum Gasteiger partial charge on any atom is 0.201 e. The number of nitrogens with two attached hydrogens (primary N) is 1. The molecule has 0 aliphatic rings. The van der Waals surface area contributed by atoms with E-state index in [0.717, 1.165) is 3.70 Å². The van der Waals surface area contributed by atoms with Gasteiger partial charge in [0.15, 0.2) is 0 Å². The van der Waals surface area contributed by atoms with Crippen molar-refractivity contribution >= 4 is 28.5 Å². The number of anilines is 1. The Morgan fingerprint density at radius 3 is 2.50 bits per heavy atom. The third-order valence-electron chi connectivity index (χ3n) is 1.29. The molecule has 0 spiro atoms. The third kappa shape index (κ3) is 1.42. The topological polar surface area (TPSA) is 43.8 Å². The van der Waals surface area contributed by atoms with E-state index in [1.54, 1.807) is 0 Å². The Hall–Kier alpha value is -0.260. The van der Waals surface area contributed by atoms with Crippen LogP contribution >= 0.6 is 22.6 Å². The molecular formula is C6H10IN3. The van der Waals surface area contributed by atoms with Crippen molar-refractivity contribution in [2.24, 2.45) is 0 Å². The molecule has 0 aliphatic carbocycles. The highest BCUT2D eigenvalue weighted by Gasteiger charge is 2.03. The van der Waals surface area contributed by atoms with Crippen LogP contribution in [0.1, 0.15) is 19.9 Å². The van der Waals surface area contributed by atoms with Gasteiger partial charge < -0.3 is 10.3 Å². The fourth-order valence-corrected chi connectivity index (χ4v) is 1.34. The van der Waals surface area contributed by atoms with Gasteiger partial charge in [-0.25, -0.2) is 4.98 Å². The first kappa shape index (κ1) is 7.84. The van der Waals surface area contributed by atoms with Crippen molar-refractivity contribution in [1.82, 2.24) is 9.55 Å². The summed E-state index contributed by atoms with van der Waals surface area (Å²) in [6, 6.07) is 0.399. The number of hydrogen-bond donors (Lipinski definition) is 1. The Kier molecular flexibility index (Phi) is 2.18. The fraction of sp³-hybridized carbons (Fsp3) is 0.500. The van der Waals surface area contributed by atoms with Gasteiger partial charge in [-0.1, -0.05) is 0 Å². The molecule has 1 rings (SSSR count). The molecule has 0 saturated carbocycles. The molecule has 3 nitrogen and oxygen atoms in total. The first-order chi connectivity index (χ1) is 4.61. The van der Waals surface area contributed by atoms with E-state index in [2.05, 4.69) is 41.4 Å². The van der Waals surface area contributed by atoms with E-state index < -0.39 is 0 Å². The van der Waals surface area contributed by atoms with Crippen molar-refractivity contribution in [3.05, 3.63) is 9.90 Å². The van der Waals surface area contributed by atoms with Crippen molar-refractivity contribution in [3.63, 3.8) is 0 Å². The smallest absolute Gasteiger partial charge is 0.201 e. The lowest BCUT2D eigenvalue weighted by Gasteiger charge is -2.06. The molecule has 0 aliphatic heterocycles. The van der Waals surface area contributed by atoms with Gasteiger partial charge in [-0.05, 0) is 36.4 Å². The van der Waals surface area contributed by atoms with Crippen LogP contribution in [0.25, 0.3) is 0 Å². The summed E-state index contributed by atoms with van der Waals surface area (Å²) in [7, 11) is 0. The van der Waals surface area contributed by atoms with Crippen LogP contribution in [0.3, 0.4) is 0 Å². The molecular weight excluding hydrogens is 241 g/mol. The fourth-order valence-electron chi connectivity index (χ4n) is 0.791. The third-order valence-corrected chi connectivity index (χ3v) is 1.81. The molecule has 0 bridgehead atoms.